The van der Waals surface area contributed by atoms with E-state index in [0.29, 0.717) is 22.8 Å². The predicted octanol–water partition coefficient (Wildman–Crippen LogP) is 3.00. The van der Waals surface area contributed by atoms with E-state index in [2.05, 4.69) is 20.6 Å². The van der Waals surface area contributed by atoms with E-state index in [1.54, 1.807) is 36.9 Å². The molecule has 2 aromatic heterocycles. The number of hydrogen-bond acceptors (Lipinski definition) is 7. The van der Waals surface area contributed by atoms with Crippen molar-refractivity contribution in [1.29, 1.82) is 0 Å². The molecule has 1 amide bonds. The summed E-state index contributed by atoms with van der Waals surface area (Å²) in [4.78, 5) is 12.3. The maximum absolute atomic E-state index is 12.3. The van der Waals surface area contributed by atoms with Crippen molar-refractivity contribution in [3.63, 3.8) is 0 Å². The van der Waals surface area contributed by atoms with Crippen LogP contribution in [0.3, 0.4) is 0 Å². The monoisotopic (exact) mass is 387 g/mol. The van der Waals surface area contributed by atoms with E-state index in [4.69, 9.17) is 9.47 Å². The van der Waals surface area contributed by atoms with Crippen LogP contribution in [0.2, 0.25) is 0 Å². The lowest BCUT2D eigenvalue weighted by atomic mass is 10.2. The molecule has 0 unspecified atom stereocenters. The van der Waals surface area contributed by atoms with E-state index >= 15 is 0 Å². The number of fused-ring (bicyclic) bond motifs is 1. The smallest absolute Gasteiger partial charge is 0.234 e. The summed E-state index contributed by atoms with van der Waals surface area (Å²) < 4.78 is 12.2. The quantitative estimate of drug-likeness (QED) is 0.623. The van der Waals surface area contributed by atoms with Gasteiger partial charge in [-0.15, -0.1) is 10.2 Å². The second-order valence-electron chi connectivity index (χ2n) is 6.06. The number of thioether (sulfide) groups is 1. The number of methoxy groups -OCH3 is 2. The third-order valence-electron chi connectivity index (χ3n) is 3.81. The van der Waals surface area contributed by atoms with Gasteiger partial charge in [0, 0.05) is 12.0 Å². The average molecular weight is 387 g/mol. The summed E-state index contributed by atoms with van der Waals surface area (Å²) in [5, 5.41) is 16.4. The van der Waals surface area contributed by atoms with Gasteiger partial charge in [0.1, 0.15) is 16.5 Å². The fraction of sp³-hybridized carbons (Fsp3) is 0.333. The van der Waals surface area contributed by atoms with Gasteiger partial charge in [0.05, 0.1) is 25.7 Å². The first-order valence-corrected chi connectivity index (χ1v) is 9.37. The number of hydrogen-bond donors (Lipinski definition) is 1. The summed E-state index contributed by atoms with van der Waals surface area (Å²) in [6, 6.07) is 8.91. The highest BCUT2D eigenvalue weighted by atomic mass is 32.2. The molecule has 142 valence electrons. The number of ether oxygens (including phenoxy) is 2. The molecule has 1 aromatic carbocycles. The van der Waals surface area contributed by atoms with Crippen molar-refractivity contribution in [2.45, 2.75) is 24.8 Å². The molecule has 0 radical (unpaired) electrons. The molecule has 3 rings (SSSR count). The Kier molecular flexibility index (Phi) is 5.80. The van der Waals surface area contributed by atoms with Gasteiger partial charge in [-0.05, 0) is 24.3 Å². The summed E-state index contributed by atoms with van der Waals surface area (Å²) in [5.74, 6) is 2.26. The molecule has 2 heterocycles. The lowest BCUT2D eigenvalue weighted by molar-refractivity contribution is -0.113. The number of benzene rings is 1. The normalized spacial score (nSPS) is 11.0. The van der Waals surface area contributed by atoms with Crippen LogP contribution in [0.5, 0.6) is 11.5 Å². The Balaban J connectivity index is 1.67. The van der Waals surface area contributed by atoms with E-state index in [1.165, 1.54) is 11.8 Å². The topological polar surface area (TPSA) is 90.6 Å². The van der Waals surface area contributed by atoms with Crippen LogP contribution < -0.4 is 14.8 Å². The molecule has 0 spiro atoms. The van der Waals surface area contributed by atoms with Crippen molar-refractivity contribution in [3.8, 4) is 11.5 Å². The molecule has 0 aliphatic heterocycles. The summed E-state index contributed by atoms with van der Waals surface area (Å²) >= 11 is 1.34. The molecule has 8 nitrogen and oxygen atoms in total. The minimum absolute atomic E-state index is 0.154. The molecule has 0 aliphatic rings. The molecule has 27 heavy (non-hydrogen) atoms. The van der Waals surface area contributed by atoms with E-state index in [1.807, 2.05) is 26.0 Å². The van der Waals surface area contributed by atoms with Gasteiger partial charge in [-0.3, -0.25) is 4.79 Å². The maximum atomic E-state index is 12.3. The first kappa shape index (κ1) is 19.0. The molecule has 0 atom stereocenters. The van der Waals surface area contributed by atoms with Crippen molar-refractivity contribution < 1.29 is 14.3 Å². The van der Waals surface area contributed by atoms with E-state index in [-0.39, 0.29) is 17.6 Å². The third-order valence-corrected chi connectivity index (χ3v) is 4.73. The van der Waals surface area contributed by atoms with Crippen LogP contribution in [0.4, 0.5) is 5.69 Å². The summed E-state index contributed by atoms with van der Waals surface area (Å²) in [7, 11) is 3.12. The predicted molar refractivity (Wildman–Crippen MR) is 104 cm³/mol. The van der Waals surface area contributed by atoms with Gasteiger partial charge in [0.15, 0.2) is 11.5 Å². The zero-order chi connectivity index (χ0) is 19.4. The summed E-state index contributed by atoms with van der Waals surface area (Å²) in [6.45, 7) is 4.07. The largest absolute Gasteiger partial charge is 0.497 e. The maximum Gasteiger partial charge on any atom is 0.234 e. The molecular weight excluding hydrogens is 366 g/mol. The molecule has 3 aromatic rings. The van der Waals surface area contributed by atoms with Crippen LogP contribution in [0.1, 0.15) is 25.6 Å². The number of carbonyl (C=O) groups is 1. The highest BCUT2D eigenvalue weighted by molar-refractivity contribution is 7.99. The van der Waals surface area contributed by atoms with Crippen molar-refractivity contribution in [3.05, 3.63) is 36.2 Å². The van der Waals surface area contributed by atoms with Gasteiger partial charge in [-0.1, -0.05) is 25.6 Å². The standard InChI is InChI=1S/C18H21N5O3S/c1-11(2)18-21-20-15-7-8-17(22-23(15)18)27-10-16(24)19-13-6-5-12(25-3)9-14(13)26-4/h5-9,11H,10H2,1-4H3,(H,19,24). The van der Waals surface area contributed by atoms with Gasteiger partial charge < -0.3 is 14.8 Å². The number of nitrogens with one attached hydrogen (secondary N) is 1. The van der Waals surface area contributed by atoms with Crippen molar-refractivity contribution in [1.82, 2.24) is 19.8 Å². The van der Waals surface area contributed by atoms with Crippen LogP contribution in [0.15, 0.2) is 35.4 Å². The van der Waals surface area contributed by atoms with Crippen LogP contribution in [0.25, 0.3) is 5.65 Å². The zero-order valence-corrected chi connectivity index (χ0v) is 16.4. The van der Waals surface area contributed by atoms with Gasteiger partial charge in [-0.25, -0.2) is 0 Å². The number of rotatable bonds is 7. The number of anilines is 1. The van der Waals surface area contributed by atoms with Gasteiger partial charge in [0.25, 0.3) is 0 Å². The number of aromatic nitrogens is 4. The highest BCUT2D eigenvalue weighted by Crippen LogP contribution is 2.29. The molecule has 1 N–H and O–H groups in total. The Morgan fingerprint density at radius 3 is 2.70 bits per heavy atom. The van der Waals surface area contributed by atoms with Crippen molar-refractivity contribution in [2.24, 2.45) is 0 Å². The van der Waals surface area contributed by atoms with Gasteiger partial charge in [0.2, 0.25) is 5.91 Å². The molecule has 0 bridgehead atoms. The Labute approximate surface area is 161 Å². The second-order valence-corrected chi connectivity index (χ2v) is 7.05. The van der Waals surface area contributed by atoms with E-state index in [0.717, 1.165) is 10.9 Å². The Morgan fingerprint density at radius 1 is 1.19 bits per heavy atom. The molecule has 0 saturated heterocycles. The number of carbonyl (C=O) groups excluding carboxylic acids is 1. The third kappa shape index (κ3) is 4.30. The van der Waals surface area contributed by atoms with Crippen molar-refractivity contribution in [2.75, 3.05) is 25.3 Å². The molecular formula is C18H21N5O3S. The van der Waals surface area contributed by atoms with E-state index in [9.17, 15) is 4.79 Å². The summed E-state index contributed by atoms with van der Waals surface area (Å²) in [5.41, 5.74) is 1.28. The van der Waals surface area contributed by atoms with Crippen LogP contribution in [0, 0.1) is 0 Å². The number of nitrogens with zero attached hydrogens (tertiary/aromatic N) is 4. The summed E-state index contributed by atoms with van der Waals surface area (Å²) in [6.07, 6.45) is 0. The Hall–Kier alpha value is -2.81. The van der Waals surface area contributed by atoms with Crippen molar-refractivity contribution >= 4 is 29.0 Å². The Morgan fingerprint density at radius 2 is 2.00 bits per heavy atom. The minimum Gasteiger partial charge on any atom is -0.497 e. The molecule has 0 fully saturated rings. The van der Waals surface area contributed by atoms with Crippen LogP contribution >= 0.6 is 11.8 Å². The lowest BCUT2D eigenvalue weighted by Crippen LogP contribution is -2.15. The molecule has 0 saturated carbocycles. The first-order chi connectivity index (χ1) is 13.0. The Bertz CT molecular complexity index is 957. The second kappa shape index (κ2) is 8.26. The van der Waals surface area contributed by atoms with Crippen LogP contribution in [-0.4, -0.2) is 45.7 Å². The first-order valence-electron chi connectivity index (χ1n) is 8.39. The highest BCUT2D eigenvalue weighted by Gasteiger charge is 2.13. The average Bonchev–Trinajstić information content (AvgIpc) is 3.10. The van der Waals surface area contributed by atoms with Crippen LogP contribution in [-0.2, 0) is 4.79 Å². The van der Waals surface area contributed by atoms with Gasteiger partial charge >= 0.3 is 0 Å². The lowest BCUT2D eigenvalue weighted by Gasteiger charge is -2.11. The molecule has 0 aliphatic carbocycles. The fourth-order valence-corrected chi connectivity index (χ4v) is 3.11. The number of amides is 1. The zero-order valence-electron chi connectivity index (χ0n) is 15.6. The SMILES string of the molecule is COc1ccc(NC(=O)CSc2ccc3nnc(C(C)C)n3n2)c(OC)c1. The minimum atomic E-state index is -0.154. The fourth-order valence-electron chi connectivity index (χ4n) is 2.45. The molecule has 9 heteroatoms. The van der Waals surface area contributed by atoms with Gasteiger partial charge in [-0.2, -0.15) is 9.61 Å². The van der Waals surface area contributed by atoms with E-state index < -0.39 is 0 Å².